The second-order valence-electron chi connectivity index (χ2n) is 12.7. The zero-order valence-corrected chi connectivity index (χ0v) is 27.0. The van der Waals surface area contributed by atoms with Crippen molar-refractivity contribution < 1.29 is 4.39 Å². The van der Waals surface area contributed by atoms with Crippen LogP contribution in [0.4, 0.5) is 4.39 Å². The highest BCUT2D eigenvalue weighted by atomic mass is 19.1. The van der Waals surface area contributed by atoms with Crippen molar-refractivity contribution in [3.8, 4) is 22.8 Å². The number of pyridine rings is 2. The van der Waals surface area contributed by atoms with Gasteiger partial charge in [0.05, 0.1) is 16.6 Å². The van der Waals surface area contributed by atoms with Crippen LogP contribution in [0.1, 0.15) is 56.6 Å². The third-order valence-corrected chi connectivity index (χ3v) is 9.49. The fraction of sp³-hybridized carbons (Fsp3) is 0.316. The number of hydrogen-bond acceptors (Lipinski definition) is 6. The van der Waals surface area contributed by atoms with Crippen LogP contribution in [0, 0.1) is 11.7 Å². The van der Waals surface area contributed by atoms with Gasteiger partial charge in [-0.2, -0.15) is 5.10 Å². The predicted molar refractivity (Wildman–Crippen MR) is 188 cm³/mol. The molecule has 0 unspecified atom stereocenters. The molecule has 1 aromatic carbocycles. The first-order valence-corrected chi connectivity index (χ1v) is 16.7. The summed E-state index contributed by atoms with van der Waals surface area (Å²) < 4.78 is 14.9. The Balaban J connectivity index is 1.17. The van der Waals surface area contributed by atoms with E-state index in [1.54, 1.807) is 18.3 Å². The number of imidazole rings is 1. The number of H-pyrrole nitrogens is 2. The van der Waals surface area contributed by atoms with Crippen LogP contribution in [0.2, 0.25) is 0 Å². The summed E-state index contributed by atoms with van der Waals surface area (Å²) in [4.78, 5) is 20.2. The van der Waals surface area contributed by atoms with E-state index in [1.165, 1.54) is 45.2 Å². The van der Waals surface area contributed by atoms with Crippen molar-refractivity contribution in [2.45, 2.75) is 51.9 Å². The number of benzene rings is 1. The van der Waals surface area contributed by atoms with Crippen molar-refractivity contribution >= 4 is 27.6 Å². The maximum absolute atomic E-state index is 14.9. The van der Waals surface area contributed by atoms with Gasteiger partial charge in [0.15, 0.2) is 11.5 Å². The number of aryl methyl sites for hydroxylation is 1. The van der Waals surface area contributed by atoms with E-state index >= 15 is 0 Å². The summed E-state index contributed by atoms with van der Waals surface area (Å²) in [6.07, 6.45) is 17.5. The number of halogens is 1. The molecule has 1 saturated carbocycles. The monoisotopic (exact) mass is 628 g/mol. The van der Waals surface area contributed by atoms with E-state index in [0.717, 1.165) is 69.6 Å². The Morgan fingerprint density at radius 2 is 1.98 bits per heavy atom. The molecule has 1 saturated heterocycles. The van der Waals surface area contributed by atoms with Gasteiger partial charge in [-0.3, -0.25) is 10.1 Å². The molecule has 5 aromatic rings. The Morgan fingerprint density at radius 1 is 1.13 bits per heavy atom. The molecular formula is C38H41FN8. The van der Waals surface area contributed by atoms with E-state index < -0.39 is 0 Å². The standard InChI is InChI=1S/C38H41FN8/c1-4-26(21-31(5-2)42-24(3)27-11-8-12-27)29-22-32-35(45-46-37(32)41-23-29)38-43-33-13-14-40-34(36(33)44-38)28-18-25(19-30(39)20-28)10-9-17-47-15-6-7-16-47/h4-5,13-14,18-23,27,42H,2-3,6-12,15-17H2,1H3,(H,43,44)(H,41,45,46)/b26-4+,31-21+. The maximum Gasteiger partial charge on any atom is 0.181 e. The van der Waals surface area contributed by atoms with Crippen molar-refractivity contribution in [2.75, 3.05) is 19.6 Å². The Kier molecular flexibility index (Phi) is 8.80. The summed E-state index contributed by atoms with van der Waals surface area (Å²) in [5.74, 6) is 0.870. The number of fused-ring (bicyclic) bond motifs is 2. The lowest BCUT2D eigenvalue weighted by Crippen LogP contribution is -2.23. The summed E-state index contributed by atoms with van der Waals surface area (Å²) >= 11 is 0. The Labute approximate surface area is 274 Å². The molecule has 1 aliphatic heterocycles. The minimum Gasteiger partial charge on any atom is -0.359 e. The molecule has 0 amide bonds. The van der Waals surface area contributed by atoms with E-state index in [9.17, 15) is 4.39 Å². The number of nitrogens with zero attached hydrogens (tertiary/aromatic N) is 5. The average molecular weight is 629 g/mol. The molecular weight excluding hydrogens is 587 g/mol. The van der Waals surface area contributed by atoms with E-state index in [2.05, 4.69) is 66.7 Å². The van der Waals surface area contributed by atoms with Crippen molar-refractivity contribution in [3.63, 3.8) is 0 Å². The molecule has 47 heavy (non-hydrogen) atoms. The van der Waals surface area contributed by atoms with E-state index in [1.807, 2.05) is 31.3 Å². The average Bonchev–Trinajstić information content (AvgIpc) is 3.81. The largest absolute Gasteiger partial charge is 0.359 e. The summed E-state index contributed by atoms with van der Waals surface area (Å²) in [6.45, 7) is 13.7. The molecule has 2 aliphatic rings. The highest BCUT2D eigenvalue weighted by molar-refractivity contribution is 5.96. The number of allylic oxidation sites excluding steroid dienone is 5. The molecule has 240 valence electrons. The van der Waals surface area contributed by atoms with Gasteiger partial charge in [0.1, 0.15) is 17.0 Å². The van der Waals surface area contributed by atoms with Gasteiger partial charge >= 0.3 is 0 Å². The van der Waals surface area contributed by atoms with E-state index in [-0.39, 0.29) is 5.82 Å². The van der Waals surface area contributed by atoms with E-state index in [0.29, 0.717) is 28.6 Å². The van der Waals surface area contributed by atoms with Crippen LogP contribution >= 0.6 is 0 Å². The van der Waals surface area contributed by atoms with Crippen LogP contribution in [0.25, 0.3) is 50.4 Å². The Hall–Kier alpha value is -4.89. The van der Waals surface area contributed by atoms with Crippen molar-refractivity contribution in [3.05, 3.63) is 102 Å². The number of hydrogen-bond donors (Lipinski definition) is 3. The molecule has 0 atom stereocenters. The van der Waals surface area contributed by atoms with E-state index in [4.69, 9.17) is 4.98 Å². The lowest BCUT2D eigenvalue weighted by atomic mass is 9.83. The molecule has 5 heterocycles. The molecule has 2 fully saturated rings. The van der Waals surface area contributed by atoms with Gasteiger partial charge in [-0.25, -0.2) is 14.4 Å². The zero-order valence-electron chi connectivity index (χ0n) is 27.0. The minimum absolute atomic E-state index is 0.262. The molecule has 9 heteroatoms. The van der Waals surface area contributed by atoms with Crippen LogP contribution in [0.3, 0.4) is 0 Å². The zero-order chi connectivity index (χ0) is 32.3. The van der Waals surface area contributed by atoms with Crippen molar-refractivity contribution in [1.29, 1.82) is 0 Å². The molecule has 0 radical (unpaired) electrons. The fourth-order valence-electron chi connectivity index (χ4n) is 6.64. The molecule has 0 bridgehead atoms. The topological polar surface area (TPSA) is 98.4 Å². The highest BCUT2D eigenvalue weighted by Crippen LogP contribution is 2.33. The minimum atomic E-state index is -0.262. The van der Waals surface area contributed by atoms with Gasteiger partial charge < -0.3 is 15.2 Å². The normalized spacial score (nSPS) is 16.2. The number of likely N-dealkylation sites (tertiary alicyclic amines) is 1. The van der Waals surface area contributed by atoms with Gasteiger partial charge in [0, 0.05) is 34.9 Å². The summed E-state index contributed by atoms with van der Waals surface area (Å²) in [7, 11) is 0. The van der Waals surface area contributed by atoms with Crippen LogP contribution in [0.5, 0.6) is 0 Å². The van der Waals surface area contributed by atoms with Crippen LogP contribution in [-0.4, -0.2) is 54.7 Å². The lowest BCUT2D eigenvalue weighted by molar-refractivity contribution is 0.334. The van der Waals surface area contributed by atoms with Crippen LogP contribution in [0.15, 0.2) is 85.5 Å². The van der Waals surface area contributed by atoms with Crippen LogP contribution < -0.4 is 5.32 Å². The predicted octanol–water partition coefficient (Wildman–Crippen LogP) is 8.11. The first-order valence-electron chi connectivity index (χ1n) is 16.7. The second-order valence-corrected chi connectivity index (χ2v) is 12.7. The summed E-state index contributed by atoms with van der Waals surface area (Å²) in [5, 5.41) is 11.9. The Bertz CT molecular complexity index is 2000. The first-order chi connectivity index (χ1) is 23.0. The second kappa shape index (κ2) is 13.5. The molecule has 0 spiro atoms. The lowest BCUT2D eigenvalue weighted by Gasteiger charge is -2.28. The first kappa shape index (κ1) is 30.7. The maximum atomic E-state index is 14.9. The number of rotatable bonds is 12. The molecule has 7 rings (SSSR count). The number of aromatic nitrogens is 6. The van der Waals surface area contributed by atoms with Gasteiger partial charge in [-0.05, 0) is 125 Å². The summed E-state index contributed by atoms with van der Waals surface area (Å²) in [6, 6.07) is 9.18. The van der Waals surface area contributed by atoms with Crippen molar-refractivity contribution in [2.24, 2.45) is 5.92 Å². The third-order valence-electron chi connectivity index (χ3n) is 9.49. The third kappa shape index (κ3) is 6.53. The van der Waals surface area contributed by atoms with Crippen molar-refractivity contribution in [1.82, 2.24) is 40.3 Å². The molecule has 3 N–H and O–H groups in total. The summed E-state index contributed by atoms with van der Waals surface area (Å²) in [5.41, 5.74) is 8.99. The van der Waals surface area contributed by atoms with Crippen LogP contribution in [-0.2, 0) is 6.42 Å². The molecule has 1 aliphatic carbocycles. The molecule has 4 aromatic heterocycles. The molecule has 8 nitrogen and oxygen atoms in total. The van der Waals surface area contributed by atoms with Gasteiger partial charge in [-0.15, -0.1) is 0 Å². The number of aromatic amines is 2. The smallest absolute Gasteiger partial charge is 0.181 e. The highest BCUT2D eigenvalue weighted by Gasteiger charge is 2.21. The SMILES string of the molecule is C=C/C(=C\C(=C/C)c1cnc2n[nH]c(-c3nc4c(-c5cc(F)cc(CCCN6CCCC6)c5)nccc4[nH]3)c2c1)NC(=C)C1CCC1. The van der Waals surface area contributed by atoms with Gasteiger partial charge in [-0.1, -0.05) is 25.7 Å². The van der Waals surface area contributed by atoms with Gasteiger partial charge in [0.2, 0.25) is 0 Å². The fourth-order valence-corrected chi connectivity index (χ4v) is 6.64. The van der Waals surface area contributed by atoms with Gasteiger partial charge in [0.25, 0.3) is 0 Å². The number of nitrogens with one attached hydrogen (secondary N) is 3. The Morgan fingerprint density at radius 3 is 2.74 bits per heavy atom. The quantitative estimate of drug-likeness (QED) is 0.121.